The molecule has 0 bridgehead atoms. The Labute approximate surface area is 80.8 Å². The van der Waals surface area contributed by atoms with E-state index in [0.717, 1.165) is 19.0 Å². The minimum atomic E-state index is 0.301. The van der Waals surface area contributed by atoms with Gasteiger partial charge >= 0.3 is 0 Å². The molecule has 0 aliphatic carbocycles. The van der Waals surface area contributed by atoms with Crippen molar-refractivity contribution in [3.63, 3.8) is 0 Å². The summed E-state index contributed by atoms with van der Waals surface area (Å²) in [6.45, 7) is 5.18. The van der Waals surface area contributed by atoms with Crippen molar-refractivity contribution in [2.45, 2.75) is 32.6 Å². The van der Waals surface area contributed by atoms with E-state index in [1.807, 2.05) is 0 Å². The van der Waals surface area contributed by atoms with Gasteiger partial charge < -0.3 is 5.73 Å². The Bertz CT molecular complexity index is 168. The normalized spacial score (nSPS) is 25.5. The Morgan fingerprint density at radius 3 is 2.85 bits per heavy atom. The first-order chi connectivity index (χ1) is 6.22. The van der Waals surface area contributed by atoms with Crippen molar-refractivity contribution in [2.75, 3.05) is 19.6 Å². The minimum Gasteiger partial charge on any atom is -0.387 e. The fraction of sp³-hybridized carbons (Fsp3) is 0.900. The fourth-order valence-electron chi connectivity index (χ4n) is 2.03. The van der Waals surface area contributed by atoms with Crippen LogP contribution >= 0.6 is 0 Å². The number of rotatable bonds is 3. The van der Waals surface area contributed by atoms with Crippen molar-refractivity contribution in [3.8, 4) is 0 Å². The monoisotopic (exact) mass is 183 g/mol. The SMILES string of the molecule is CCC1CCCN(CC(=N)N)CC1. The molecule has 1 saturated heterocycles. The highest BCUT2D eigenvalue weighted by atomic mass is 15.1. The van der Waals surface area contributed by atoms with E-state index < -0.39 is 0 Å². The summed E-state index contributed by atoms with van der Waals surface area (Å²) in [5, 5.41) is 7.23. The lowest BCUT2D eigenvalue weighted by Gasteiger charge is -2.18. The van der Waals surface area contributed by atoms with Crippen LogP contribution in [-0.2, 0) is 0 Å². The van der Waals surface area contributed by atoms with E-state index in [9.17, 15) is 0 Å². The van der Waals surface area contributed by atoms with E-state index in [4.69, 9.17) is 11.1 Å². The second-order valence-electron chi connectivity index (χ2n) is 4.01. The summed E-state index contributed by atoms with van der Waals surface area (Å²) >= 11 is 0. The highest BCUT2D eigenvalue weighted by molar-refractivity contribution is 5.78. The minimum absolute atomic E-state index is 0.301. The molecule has 76 valence electrons. The van der Waals surface area contributed by atoms with Crippen LogP contribution in [0, 0.1) is 11.3 Å². The second-order valence-corrected chi connectivity index (χ2v) is 4.01. The van der Waals surface area contributed by atoms with Crippen molar-refractivity contribution in [2.24, 2.45) is 11.7 Å². The molecule has 1 aliphatic heterocycles. The van der Waals surface area contributed by atoms with E-state index in [1.165, 1.54) is 25.7 Å². The third kappa shape index (κ3) is 3.77. The van der Waals surface area contributed by atoms with Gasteiger partial charge in [0.1, 0.15) is 5.84 Å². The fourth-order valence-corrected chi connectivity index (χ4v) is 2.03. The molecule has 0 aromatic carbocycles. The zero-order valence-corrected chi connectivity index (χ0v) is 8.55. The van der Waals surface area contributed by atoms with Crippen molar-refractivity contribution >= 4 is 5.84 Å². The van der Waals surface area contributed by atoms with Gasteiger partial charge in [-0.2, -0.15) is 0 Å². The molecule has 13 heavy (non-hydrogen) atoms. The van der Waals surface area contributed by atoms with Crippen LogP contribution in [0.15, 0.2) is 0 Å². The van der Waals surface area contributed by atoms with Crippen molar-refractivity contribution < 1.29 is 0 Å². The zero-order valence-electron chi connectivity index (χ0n) is 8.55. The third-order valence-corrected chi connectivity index (χ3v) is 2.91. The molecule has 1 rings (SSSR count). The lowest BCUT2D eigenvalue weighted by molar-refractivity contribution is 0.316. The van der Waals surface area contributed by atoms with Gasteiger partial charge in [-0.3, -0.25) is 10.3 Å². The quantitative estimate of drug-likeness (QED) is 0.514. The van der Waals surface area contributed by atoms with Gasteiger partial charge in [-0.15, -0.1) is 0 Å². The average molecular weight is 183 g/mol. The van der Waals surface area contributed by atoms with E-state index in [2.05, 4.69) is 11.8 Å². The molecule has 1 aliphatic rings. The standard InChI is InChI=1S/C10H21N3/c1-2-9-4-3-6-13(7-5-9)8-10(11)12/h9H,2-8H2,1H3,(H3,11,12). The summed E-state index contributed by atoms with van der Waals surface area (Å²) in [5.41, 5.74) is 5.38. The average Bonchev–Trinajstić information content (AvgIpc) is 2.29. The molecule has 3 N–H and O–H groups in total. The summed E-state index contributed by atoms with van der Waals surface area (Å²) in [7, 11) is 0. The number of amidine groups is 1. The molecule has 1 atom stereocenters. The van der Waals surface area contributed by atoms with E-state index in [0.29, 0.717) is 12.4 Å². The van der Waals surface area contributed by atoms with Gasteiger partial charge in [-0.05, 0) is 38.3 Å². The lowest BCUT2D eigenvalue weighted by atomic mass is 9.98. The summed E-state index contributed by atoms with van der Waals surface area (Å²) in [6, 6.07) is 0. The maximum absolute atomic E-state index is 7.23. The highest BCUT2D eigenvalue weighted by Crippen LogP contribution is 2.19. The molecular weight excluding hydrogens is 162 g/mol. The molecule has 3 heteroatoms. The van der Waals surface area contributed by atoms with Crippen LogP contribution in [0.25, 0.3) is 0 Å². The summed E-state index contributed by atoms with van der Waals surface area (Å²) < 4.78 is 0. The van der Waals surface area contributed by atoms with Gasteiger partial charge in [0.05, 0.1) is 6.54 Å². The number of hydrogen-bond acceptors (Lipinski definition) is 2. The largest absolute Gasteiger partial charge is 0.387 e. The van der Waals surface area contributed by atoms with Crippen LogP contribution in [-0.4, -0.2) is 30.4 Å². The van der Waals surface area contributed by atoms with Gasteiger partial charge in [-0.25, -0.2) is 0 Å². The molecule has 0 saturated carbocycles. The van der Waals surface area contributed by atoms with Gasteiger partial charge in [0.25, 0.3) is 0 Å². The first-order valence-electron chi connectivity index (χ1n) is 5.27. The maximum atomic E-state index is 7.23. The van der Waals surface area contributed by atoms with E-state index in [1.54, 1.807) is 0 Å². The molecular formula is C10H21N3. The molecule has 3 nitrogen and oxygen atoms in total. The highest BCUT2D eigenvalue weighted by Gasteiger charge is 2.15. The van der Waals surface area contributed by atoms with Crippen LogP contribution < -0.4 is 5.73 Å². The first-order valence-corrected chi connectivity index (χ1v) is 5.27. The van der Waals surface area contributed by atoms with Crippen LogP contribution in [0.4, 0.5) is 0 Å². The van der Waals surface area contributed by atoms with Crippen LogP contribution in [0.2, 0.25) is 0 Å². The predicted molar refractivity (Wildman–Crippen MR) is 56.0 cm³/mol. The lowest BCUT2D eigenvalue weighted by Crippen LogP contribution is -2.34. The molecule has 1 fully saturated rings. The molecule has 0 aromatic heterocycles. The van der Waals surface area contributed by atoms with Gasteiger partial charge in [0, 0.05) is 0 Å². The number of nitrogens with zero attached hydrogens (tertiary/aromatic N) is 1. The summed E-state index contributed by atoms with van der Waals surface area (Å²) in [5.74, 6) is 1.20. The molecule has 1 unspecified atom stereocenters. The predicted octanol–water partition coefficient (Wildman–Crippen LogP) is 1.43. The number of nitrogens with one attached hydrogen (secondary N) is 1. The number of nitrogens with two attached hydrogens (primary N) is 1. The molecule has 0 spiro atoms. The second kappa shape index (κ2) is 5.22. The summed E-state index contributed by atoms with van der Waals surface area (Å²) in [4.78, 5) is 2.30. The Balaban J connectivity index is 2.31. The van der Waals surface area contributed by atoms with Crippen molar-refractivity contribution in [1.82, 2.24) is 4.90 Å². The summed E-state index contributed by atoms with van der Waals surface area (Å²) in [6.07, 6.45) is 5.20. The Morgan fingerprint density at radius 1 is 1.46 bits per heavy atom. The smallest absolute Gasteiger partial charge is 0.105 e. The topological polar surface area (TPSA) is 53.1 Å². The van der Waals surface area contributed by atoms with E-state index in [-0.39, 0.29) is 0 Å². The van der Waals surface area contributed by atoms with Crippen LogP contribution in [0.3, 0.4) is 0 Å². The first kappa shape index (κ1) is 10.5. The van der Waals surface area contributed by atoms with Gasteiger partial charge in [-0.1, -0.05) is 13.3 Å². The number of likely N-dealkylation sites (tertiary alicyclic amines) is 1. The molecule has 0 radical (unpaired) electrons. The Hall–Kier alpha value is -0.570. The Kier molecular flexibility index (Phi) is 4.22. The molecule has 0 aromatic rings. The van der Waals surface area contributed by atoms with E-state index >= 15 is 0 Å². The van der Waals surface area contributed by atoms with Crippen LogP contribution in [0.1, 0.15) is 32.6 Å². The van der Waals surface area contributed by atoms with Gasteiger partial charge in [0.15, 0.2) is 0 Å². The van der Waals surface area contributed by atoms with Gasteiger partial charge in [0.2, 0.25) is 0 Å². The maximum Gasteiger partial charge on any atom is 0.105 e. The Morgan fingerprint density at radius 2 is 2.23 bits per heavy atom. The van der Waals surface area contributed by atoms with Crippen LogP contribution in [0.5, 0.6) is 0 Å². The zero-order chi connectivity index (χ0) is 9.68. The molecule has 0 amide bonds. The van der Waals surface area contributed by atoms with Crippen molar-refractivity contribution in [1.29, 1.82) is 5.41 Å². The third-order valence-electron chi connectivity index (χ3n) is 2.91. The van der Waals surface area contributed by atoms with Crippen molar-refractivity contribution in [3.05, 3.63) is 0 Å². The molecule has 1 heterocycles. The number of hydrogen-bond donors (Lipinski definition) is 2.